The highest BCUT2D eigenvalue weighted by Gasteiger charge is 2.11. The minimum absolute atomic E-state index is 0.576. The standard InChI is InChI=1S/C14H18ClN5O/c15-13-5-2-1-4-12(13)14-16-18-20(17-14)7-3-6-19-8-10-21-11-9-19/h1-2,4-5H,3,6-11H2. The second-order valence-corrected chi connectivity index (χ2v) is 5.40. The number of rotatable bonds is 5. The van der Waals surface area contributed by atoms with Crippen LogP contribution in [0.2, 0.25) is 5.02 Å². The van der Waals surface area contributed by atoms with Gasteiger partial charge in [0.15, 0.2) is 0 Å². The first-order valence-corrected chi connectivity index (χ1v) is 7.53. The molecule has 0 amide bonds. The van der Waals surface area contributed by atoms with E-state index in [-0.39, 0.29) is 0 Å². The van der Waals surface area contributed by atoms with Gasteiger partial charge in [-0.05, 0) is 23.8 Å². The fourth-order valence-electron chi connectivity index (χ4n) is 2.35. The van der Waals surface area contributed by atoms with Gasteiger partial charge in [0.2, 0.25) is 5.82 Å². The van der Waals surface area contributed by atoms with Crippen LogP contribution in [0, 0.1) is 0 Å². The lowest BCUT2D eigenvalue weighted by Crippen LogP contribution is -2.37. The average molecular weight is 308 g/mol. The molecule has 0 atom stereocenters. The molecule has 21 heavy (non-hydrogen) atoms. The Morgan fingerprint density at radius 3 is 2.76 bits per heavy atom. The lowest BCUT2D eigenvalue weighted by Gasteiger charge is -2.26. The van der Waals surface area contributed by atoms with Crippen LogP contribution >= 0.6 is 11.6 Å². The third kappa shape index (κ3) is 3.78. The number of hydrogen-bond donors (Lipinski definition) is 0. The Hall–Kier alpha value is -1.50. The van der Waals surface area contributed by atoms with E-state index in [1.807, 2.05) is 24.3 Å². The zero-order chi connectivity index (χ0) is 14.5. The van der Waals surface area contributed by atoms with E-state index in [9.17, 15) is 0 Å². The van der Waals surface area contributed by atoms with Crippen molar-refractivity contribution in [3.8, 4) is 11.4 Å². The summed E-state index contributed by atoms with van der Waals surface area (Å²) in [6.07, 6.45) is 0.998. The highest BCUT2D eigenvalue weighted by atomic mass is 35.5. The molecule has 0 N–H and O–H groups in total. The van der Waals surface area contributed by atoms with E-state index in [2.05, 4.69) is 20.3 Å². The minimum Gasteiger partial charge on any atom is -0.379 e. The molecule has 0 unspecified atom stereocenters. The first-order valence-electron chi connectivity index (χ1n) is 7.16. The maximum atomic E-state index is 6.14. The van der Waals surface area contributed by atoms with Crippen LogP contribution in [-0.4, -0.2) is 58.0 Å². The summed E-state index contributed by atoms with van der Waals surface area (Å²) in [5.41, 5.74) is 0.818. The Balaban J connectivity index is 1.54. The Kier molecular flexibility index (Phi) is 4.80. The fourth-order valence-corrected chi connectivity index (χ4v) is 2.57. The molecule has 1 aliphatic rings. The molecule has 1 aromatic carbocycles. The van der Waals surface area contributed by atoms with Crippen LogP contribution in [0.1, 0.15) is 6.42 Å². The van der Waals surface area contributed by atoms with Crippen molar-refractivity contribution < 1.29 is 4.74 Å². The third-order valence-electron chi connectivity index (χ3n) is 3.50. The number of halogens is 1. The largest absolute Gasteiger partial charge is 0.379 e. The molecule has 0 spiro atoms. The zero-order valence-corrected chi connectivity index (χ0v) is 12.5. The number of hydrogen-bond acceptors (Lipinski definition) is 5. The van der Waals surface area contributed by atoms with Gasteiger partial charge in [-0.15, -0.1) is 10.2 Å². The molecule has 1 saturated heterocycles. The number of tetrazole rings is 1. The lowest BCUT2D eigenvalue weighted by atomic mass is 10.2. The second kappa shape index (κ2) is 6.98. The predicted molar refractivity (Wildman–Crippen MR) is 80.1 cm³/mol. The molecule has 2 aromatic rings. The van der Waals surface area contributed by atoms with Crippen LogP contribution in [-0.2, 0) is 11.3 Å². The summed E-state index contributed by atoms with van der Waals surface area (Å²) in [7, 11) is 0. The number of nitrogens with zero attached hydrogens (tertiary/aromatic N) is 5. The molecule has 1 fully saturated rings. The van der Waals surface area contributed by atoms with Crippen molar-refractivity contribution in [1.29, 1.82) is 0 Å². The van der Waals surface area contributed by atoms with E-state index in [0.29, 0.717) is 10.8 Å². The minimum atomic E-state index is 0.576. The molecule has 3 rings (SSSR count). The average Bonchev–Trinajstić information content (AvgIpc) is 2.97. The Morgan fingerprint density at radius 1 is 1.14 bits per heavy atom. The van der Waals surface area contributed by atoms with E-state index in [0.717, 1.165) is 51.4 Å². The molecule has 7 heteroatoms. The Bertz CT molecular complexity index is 582. The van der Waals surface area contributed by atoms with Gasteiger partial charge in [0, 0.05) is 25.2 Å². The molecule has 0 saturated carbocycles. The number of morpholine rings is 1. The molecule has 0 aliphatic carbocycles. The number of aryl methyl sites for hydroxylation is 1. The third-order valence-corrected chi connectivity index (χ3v) is 3.83. The maximum absolute atomic E-state index is 6.14. The van der Waals surface area contributed by atoms with Crippen molar-refractivity contribution in [2.75, 3.05) is 32.8 Å². The van der Waals surface area contributed by atoms with Crippen molar-refractivity contribution in [2.24, 2.45) is 0 Å². The quantitative estimate of drug-likeness (QED) is 0.842. The van der Waals surface area contributed by atoms with Gasteiger partial charge >= 0.3 is 0 Å². The van der Waals surface area contributed by atoms with Gasteiger partial charge in [0.25, 0.3) is 0 Å². The van der Waals surface area contributed by atoms with Gasteiger partial charge in [-0.3, -0.25) is 4.90 Å². The number of aromatic nitrogens is 4. The van der Waals surface area contributed by atoms with Crippen LogP contribution in [0.15, 0.2) is 24.3 Å². The second-order valence-electron chi connectivity index (χ2n) is 5.00. The van der Waals surface area contributed by atoms with Gasteiger partial charge in [-0.1, -0.05) is 23.7 Å². The molecule has 6 nitrogen and oxygen atoms in total. The van der Waals surface area contributed by atoms with Crippen molar-refractivity contribution in [2.45, 2.75) is 13.0 Å². The molecule has 2 heterocycles. The summed E-state index contributed by atoms with van der Waals surface area (Å²) in [5, 5.41) is 13.2. The van der Waals surface area contributed by atoms with Gasteiger partial charge < -0.3 is 4.74 Å². The smallest absolute Gasteiger partial charge is 0.206 e. The van der Waals surface area contributed by atoms with Crippen LogP contribution < -0.4 is 0 Å². The van der Waals surface area contributed by atoms with Crippen molar-refractivity contribution in [3.63, 3.8) is 0 Å². The van der Waals surface area contributed by atoms with Gasteiger partial charge in [-0.2, -0.15) is 4.80 Å². The molecular weight excluding hydrogens is 290 g/mol. The molecular formula is C14H18ClN5O. The normalized spacial score (nSPS) is 16.2. The summed E-state index contributed by atoms with van der Waals surface area (Å²) < 4.78 is 5.33. The van der Waals surface area contributed by atoms with E-state index >= 15 is 0 Å². The summed E-state index contributed by atoms with van der Waals surface area (Å²) >= 11 is 6.14. The highest BCUT2D eigenvalue weighted by molar-refractivity contribution is 6.33. The number of benzene rings is 1. The predicted octanol–water partition coefficient (Wildman–Crippen LogP) is 1.72. The van der Waals surface area contributed by atoms with Crippen molar-refractivity contribution >= 4 is 11.6 Å². The van der Waals surface area contributed by atoms with E-state index in [1.54, 1.807) is 4.80 Å². The molecule has 112 valence electrons. The Labute approximate surface area is 128 Å². The molecule has 0 bridgehead atoms. The zero-order valence-electron chi connectivity index (χ0n) is 11.8. The van der Waals surface area contributed by atoms with E-state index in [4.69, 9.17) is 16.3 Å². The molecule has 1 aliphatic heterocycles. The van der Waals surface area contributed by atoms with E-state index in [1.165, 1.54) is 0 Å². The summed E-state index contributed by atoms with van der Waals surface area (Å²) in [6.45, 7) is 5.48. The van der Waals surface area contributed by atoms with E-state index < -0.39 is 0 Å². The molecule has 0 radical (unpaired) electrons. The lowest BCUT2D eigenvalue weighted by molar-refractivity contribution is 0.0367. The maximum Gasteiger partial charge on any atom is 0.206 e. The van der Waals surface area contributed by atoms with Crippen LogP contribution in [0.5, 0.6) is 0 Å². The first kappa shape index (κ1) is 14.4. The SMILES string of the molecule is Clc1ccccc1-c1nnn(CCCN2CCOCC2)n1. The van der Waals surface area contributed by atoms with Gasteiger partial charge in [-0.25, -0.2) is 0 Å². The van der Waals surface area contributed by atoms with Gasteiger partial charge in [0.05, 0.1) is 24.8 Å². The first-order chi connectivity index (χ1) is 10.3. The highest BCUT2D eigenvalue weighted by Crippen LogP contribution is 2.23. The van der Waals surface area contributed by atoms with Crippen molar-refractivity contribution in [1.82, 2.24) is 25.1 Å². The summed E-state index contributed by atoms with van der Waals surface area (Å²) in [5.74, 6) is 0.576. The summed E-state index contributed by atoms with van der Waals surface area (Å²) in [6, 6.07) is 7.53. The van der Waals surface area contributed by atoms with Gasteiger partial charge in [0.1, 0.15) is 0 Å². The molecule has 1 aromatic heterocycles. The summed E-state index contributed by atoms with van der Waals surface area (Å²) in [4.78, 5) is 4.04. The van der Waals surface area contributed by atoms with Crippen LogP contribution in [0.4, 0.5) is 0 Å². The topological polar surface area (TPSA) is 56.1 Å². The van der Waals surface area contributed by atoms with Crippen LogP contribution in [0.3, 0.4) is 0 Å². The monoisotopic (exact) mass is 307 g/mol. The van der Waals surface area contributed by atoms with Crippen molar-refractivity contribution in [3.05, 3.63) is 29.3 Å². The van der Waals surface area contributed by atoms with Crippen LogP contribution in [0.25, 0.3) is 11.4 Å². The fraction of sp³-hybridized carbons (Fsp3) is 0.500. The Morgan fingerprint density at radius 2 is 1.95 bits per heavy atom. The number of ether oxygens (including phenoxy) is 1.